The van der Waals surface area contributed by atoms with Gasteiger partial charge in [-0.15, -0.1) is 0 Å². The lowest BCUT2D eigenvalue weighted by molar-refractivity contribution is 0.590. The maximum absolute atomic E-state index is 2.40. The number of rotatable bonds is 4. The molecule has 0 atom stereocenters. The third kappa shape index (κ3) is 3.85. The fourth-order valence-corrected chi connectivity index (χ4v) is 5.09. The Morgan fingerprint density at radius 2 is 1.06 bits per heavy atom. The van der Waals surface area contributed by atoms with E-state index in [4.69, 9.17) is 0 Å². The van der Waals surface area contributed by atoms with E-state index in [-0.39, 0.29) is 5.41 Å². The van der Waals surface area contributed by atoms with E-state index in [1.54, 1.807) is 0 Å². The summed E-state index contributed by atoms with van der Waals surface area (Å²) >= 11 is 0. The van der Waals surface area contributed by atoms with Gasteiger partial charge in [-0.3, -0.25) is 0 Å². The summed E-state index contributed by atoms with van der Waals surface area (Å²) in [7, 11) is 0. The average molecular weight is 467 g/mol. The molecular formula is C34H30N2. The van der Waals surface area contributed by atoms with Crippen LogP contribution in [0.1, 0.15) is 26.3 Å². The first-order chi connectivity index (χ1) is 17.5. The zero-order valence-corrected chi connectivity index (χ0v) is 21.0. The van der Waals surface area contributed by atoms with Crippen LogP contribution in [0.4, 0.5) is 17.1 Å². The second-order valence-electron chi connectivity index (χ2n) is 10.4. The summed E-state index contributed by atoms with van der Waals surface area (Å²) < 4.78 is 2.40. The molecule has 0 spiro atoms. The van der Waals surface area contributed by atoms with Crippen molar-refractivity contribution < 1.29 is 0 Å². The van der Waals surface area contributed by atoms with Crippen molar-refractivity contribution in [1.29, 1.82) is 0 Å². The summed E-state index contributed by atoms with van der Waals surface area (Å²) in [4.78, 5) is 2.32. The second kappa shape index (κ2) is 8.73. The second-order valence-corrected chi connectivity index (χ2v) is 10.4. The first kappa shape index (κ1) is 22.2. The van der Waals surface area contributed by atoms with E-state index in [9.17, 15) is 0 Å². The van der Waals surface area contributed by atoms with Gasteiger partial charge in [0.2, 0.25) is 0 Å². The molecule has 0 N–H and O–H groups in total. The van der Waals surface area contributed by atoms with Gasteiger partial charge in [-0.05, 0) is 65.6 Å². The average Bonchev–Trinajstić information content (AvgIpc) is 3.23. The molecule has 5 aromatic carbocycles. The molecule has 0 aliphatic carbocycles. The van der Waals surface area contributed by atoms with E-state index in [2.05, 4.69) is 158 Å². The summed E-state index contributed by atoms with van der Waals surface area (Å²) in [5, 5.41) is 2.53. The molecule has 0 saturated carbocycles. The van der Waals surface area contributed by atoms with E-state index < -0.39 is 0 Å². The maximum atomic E-state index is 2.40. The van der Waals surface area contributed by atoms with Gasteiger partial charge in [-0.1, -0.05) is 93.6 Å². The van der Waals surface area contributed by atoms with Crippen molar-refractivity contribution in [2.24, 2.45) is 0 Å². The Kier molecular flexibility index (Phi) is 5.38. The minimum atomic E-state index is 0.123. The van der Waals surface area contributed by atoms with Crippen molar-refractivity contribution in [2.75, 3.05) is 4.90 Å². The zero-order valence-electron chi connectivity index (χ0n) is 21.0. The van der Waals surface area contributed by atoms with Gasteiger partial charge in [-0.25, -0.2) is 0 Å². The fourth-order valence-electron chi connectivity index (χ4n) is 5.09. The fraction of sp³-hybridized carbons (Fsp3) is 0.118. The molecule has 0 aliphatic heterocycles. The van der Waals surface area contributed by atoms with E-state index >= 15 is 0 Å². The van der Waals surface area contributed by atoms with Crippen molar-refractivity contribution in [3.05, 3.63) is 133 Å². The number of nitrogens with zero attached hydrogens (tertiary/aromatic N) is 2. The predicted octanol–water partition coefficient (Wildman–Crippen LogP) is 9.55. The van der Waals surface area contributed by atoms with E-state index in [1.165, 1.54) is 33.1 Å². The predicted molar refractivity (Wildman–Crippen MR) is 154 cm³/mol. The van der Waals surface area contributed by atoms with Gasteiger partial charge in [0, 0.05) is 33.5 Å². The summed E-state index contributed by atoms with van der Waals surface area (Å²) in [6, 6.07) is 45.7. The minimum Gasteiger partial charge on any atom is -0.310 e. The van der Waals surface area contributed by atoms with Gasteiger partial charge >= 0.3 is 0 Å². The lowest BCUT2D eigenvalue weighted by atomic mass is 9.87. The normalized spacial score (nSPS) is 11.8. The minimum absolute atomic E-state index is 0.123. The Morgan fingerprint density at radius 3 is 1.67 bits per heavy atom. The summed E-state index contributed by atoms with van der Waals surface area (Å²) in [5.74, 6) is 0. The molecule has 0 bridgehead atoms. The van der Waals surface area contributed by atoms with Crippen molar-refractivity contribution in [2.45, 2.75) is 26.2 Å². The molecule has 6 aromatic rings. The van der Waals surface area contributed by atoms with Crippen LogP contribution in [0.3, 0.4) is 0 Å². The molecule has 176 valence electrons. The number of benzene rings is 5. The molecule has 0 saturated heterocycles. The lowest BCUT2D eigenvalue weighted by Crippen LogP contribution is -2.11. The van der Waals surface area contributed by atoms with Crippen LogP contribution < -0.4 is 4.90 Å². The van der Waals surface area contributed by atoms with Crippen LogP contribution in [0.2, 0.25) is 0 Å². The third-order valence-electron chi connectivity index (χ3n) is 6.94. The van der Waals surface area contributed by atoms with E-state index in [0.717, 1.165) is 17.1 Å². The van der Waals surface area contributed by atoms with E-state index in [1.807, 2.05) is 0 Å². The highest BCUT2D eigenvalue weighted by molar-refractivity contribution is 6.10. The molecule has 2 heteroatoms. The van der Waals surface area contributed by atoms with Gasteiger partial charge in [0.15, 0.2) is 0 Å². The SMILES string of the molecule is CC(C)(C)c1ccc(-n2c3ccccc3c3ccc(N(c4ccccc4)c4ccccc4)cc32)cc1. The summed E-state index contributed by atoms with van der Waals surface area (Å²) in [6.45, 7) is 6.78. The molecule has 0 unspecified atom stereocenters. The van der Waals surface area contributed by atoms with Crippen molar-refractivity contribution in [3.63, 3.8) is 0 Å². The van der Waals surface area contributed by atoms with Crippen LogP contribution in [-0.2, 0) is 5.41 Å². The van der Waals surface area contributed by atoms with Crippen molar-refractivity contribution in [1.82, 2.24) is 4.57 Å². The molecular weight excluding hydrogens is 436 g/mol. The van der Waals surface area contributed by atoms with Gasteiger partial charge < -0.3 is 9.47 Å². The van der Waals surface area contributed by atoms with Crippen molar-refractivity contribution >= 4 is 38.9 Å². The number of para-hydroxylation sites is 3. The highest BCUT2D eigenvalue weighted by Gasteiger charge is 2.18. The first-order valence-electron chi connectivity index (χ1n) is 12.5. The Balaban J connectivity index is 1.60. The molecule has 0 radical (unpaired) electrons. The van der Waals surface area contributed by atoms with Crippen LogP contribution in [0.15, 0.2) is 127 Å². The monoisotopic (exact) mass is 466 g/mol. The van der Waals surface area contributed by atoms with Crippen LogP contribution in [-0.4, -0.2) is 4.57 Å². The number of aromatic nitrogens is 1. The summed E-state index contributed by atoms with van der Waals surface area (Å²) in [6.07, 6.45) is 0. The maximum Gasteiger partial charge on any atom is 0.0561 e. The number of anilines is 3. The van der Waals surface area contributed by atoms with Gasteiger partial charge in [0.25, 0.3) is 0 Å². The zero-order chi connectivity index (χ0) is 24.7. The summed E-state index contributed by atoms with van der Waals surface area (Å²) in [5.41, 5.74) is 8.48. The van der Waals surface area contributed by atoms with Gasteiger partial charge in [-0.2, -0.15) is 0 Å². The first-order valence-corrected chi connectivity index (χ1v) is 12.5. The van der Waals surface area contributed by atoms with Crippen LogP contribution in [0, 0.1) is 0 Å². The Bertz CT molecular complexity index is 1600. The topological polar surface area (TPSA) is 8.17 Å². The standard InChI is InChI=1S/C34H30N2/c1-34(2,3)25-18-20-28(21-19-25)36-32-17-11-10-16-30(32)31-23-22-29(24-33(31)36)35(26-12-6-4-7-13-26)27-14-8-5-9-15-27/h4-24H,1-3H3. The Morgan fingerprint density at radius 1 is 0.500 bits per heavy atom. The van der Waals surface area contributed by atoms with Gasteiger partial charge in [0.1, 0.15) is 0 Å². The largest absolute Gasteiger partial charge is 0.310 e. The highest BCUT2D eigenvalue weighted by atomic mass is 15.1. The number of hydrogen-bond donors (Lipinski definition) is 0. The highest BCUT2D eigenvalue weighted by Crippen LogP contribution is 2.39. The smallest absolute Gasteiger partial charge is 0.0561 e. The molecule has 1 aromatic heterocycles. The molecule has 1 heterocycles. The van der Waals surface area contributed by atoms with Crippen LogP contribution in [0.25, 0.3) is 27.5 Å². The quantitative estimate of drug-likeness (QED) is 0.251. The van der Waals surface area contributed by atoms with Crippen LogP contribution in [0.5, 0.6) is 0 Å². The molecule has 0 aliphatic rings. The molecule has 6 rings (SSSR count). The number of hydrogen-bond acceptors (Lipinski definition) is 1. The van der Waals surface area contributed by atoms with Crippen molar-refractivity contribution in [3.8, 4) is 5.69 Å². The van der Waals surface area contributed by atoms with Gasteiger partial charge in [0.05, 0.1) is 11.0 Å². The Labute approximate surface area is 213 Å². The third-order valence-corrected chi connectivity index (χ3v) is 6.94. The lowest BCUT2D eigenvalue weighted by Gasteiger charge is -2.25. The molecule has 0 fully saturated rings. The van der Waals surface area contributed by atoms with E-state index in [0.29, 0.717) is 0 Å². The Hall–Kier alpha value is -4.30. The molecule has 0 amide bonds. The number of fused-ring (bicyclic) bond motifs is 3. The van der Waals surface area contributed by atoms with Crippen LogP contribution >= 0.6 is 0 Å². The molecule has 2 nitrogen and oxygen atoms in total. The molecule has 36 heavy (non-hydrogen) atoms.